The van der Waals surface area contributed by atoms with Crippen LogP contribution in [0.4, 0.5) is 17.1 Å². The van der Waals surface area contributed by atoms with Gasteiger partial charge in [0.05, 0.1) is 16.9 Å². The SMILES string of the molecule is Nc1ccc(C(=O)O)cc1Nc1ccc(Cl)cc1. The number of rotatable bonds is 3. The van der Waals surface area contributed by atoms with E-state index in [1.165, 1.54) is 12.1 Å². The first-order chi connectivity index (χ1) is 8.56. The molecule has 2 aromatic carbocycles. The molecule has 0 aliphatic heterocycles. The molecule has 0 saturated carbocycles. The van der Waals surface area contributed by atoms with Crippen molar-refractivity contribution in [2.24, 2.45) is 0 Å². The highest BCUT2D eigenvalue weighted by Crippen LogP contribution is 2.25. The Morgan fingerprint density at radius 1 is 1.17 bits per heavy atom. The summed E-state index contributed by atoms with van der Waals surface area (Å²) in [5.41, 5.74) is 7.79. The van der Waals surface area contributed by atoms with Crippen molar-refractivity contribution in [2.75, 3.05) is 11.1 Å². The zero-order valence-electron chi connectivity index (χ0n) is 9.35. The predicted molar refractivity (Wildman–Crippen MR) is 72.5 cm³/mol. The van der Waals surface area contributed by atoms with E-state index in [0.29, 0.717) is 16.4 Å². The van der Waals surface area contributed by atoms with E-state index < -0.39 is 5.97 Å². The molecule has 0 amide bonds. The summed E-state index contributed by atoms with van der Waals surface area (Å²) in [4.78, 5) is 10.9. The Labute approximate surface area is 109 Å². The first-order valence-electron chi connectivity index (χ1n) is 5.21. The fourth-order valence-corrected chi connectivity index (χ4v) is 1.61. The second kappa shape index (κ2) is 4.98. The molecule has 0 saturated heterocycles. The minimum Gasteiger partial charge on any atom is -0.478 e. The Bertz CT molecular complexity index is 582. The van der Waals surface area contributed by atoms with Crippen LogP contribution in [-0.2, 0) is 0 Å². The summed E-state index contributed by atoms with van der Waals surface area (Å²) in [5.74, 6) is -0.992. The number of carboxylic acid groups (broad SMARTS) is 1. The van der Waals surface area contributed by atoms with Crippen molar-refractivity contribution < 1.29 is 9.90 Å². The highest BCUT2D eigenvalue weighted by atomic mass is 35.5. The van der Waals surface area contributed by atoms with Crippen LogP contribution in [0, 0.1) is 0 Å². The lowest BCUT2D eigenvalue weighted by Crippen LogP contribution is -2.01. The normalized spacial score (nSPS) is 10.1. The minimum atomic E-state index is -0.992. The van der Waals surface area contributed by atoms with Crippen molar-refractivity contribution in [2.45, 2.75) is 0 Å². The summed E-state index contributed by atoms with van der Waals surface area (Å²) >= 11 is 5.78. The Morgan fingerprint density at radius 3 is 2.44 bits per heavy atom. The molecule has 5 heteroatoms. The van der Waals surface area contributed by atoms with Gasteiger partial charge in [0.25, 0.3) is 0 Å². The van der Waals surface area contributed by atoms with Crippen LogP contribution in [0.5, 0.6) is 0 Å². The number of hydrogen-bond acceptors (Lipinski definition) is 3. The summed E-state index contributed by atoms with van der Waals surface area (Å²) < 4.78 is 0. The fourth-order valence-electron chi connectivity index (χ4n) is 1.49. The molecule has 2 aromatic rings. The zero-order chi connectivity index (χ0) is 13.1. The van der Waals surface area contributed by atoms with E-state index in [0.717, 1.165) is 5.69 Å². The fraction of sp³-hybridized carbons (Fsp3) is 0. The number of benzene rings is 2. The van der Waals surface area contributed by atoms with Gasteiger partial charge in [0.15, 0.2) is 0 Å². The van der Waals surface area contributed by atoms with Gasteiger partial charge in [-0.3, -0.25) is 0 Å². The number of nitrogens with two attached hydrogens (primary N) is 1. The maximum absolute atomic E-state index is 10.9. The number of carbonyl (C=O) groups is 1. The van der Waals surface area contributed by atoms with Gasteiger partial charge in [0.1, 0.15) is 0 Å². The third-order valence-electron chi connectivity index (χ3n) is 2.42. The molecule has 0 radical (unpaired) electrons. The molecule has 92 valence electrons. The summed E-state index contributed by atoms with van der Waals surface area (Å²) in [6.45, 7) is 0. The zero-order valence-corrected chi connectivity index (χ0v) is 10.1. The lowest BCUT2D eigenvalue weighted by Gasteiger charge is -2.10. The van der Waals surface area contributed by atoms with Crippen LogP contribution >= 0.6 is 11.6 Å². The second-order valence-corrected chi connectivity index (χ2v) is 4.18. The van der Waals surface area contributed by atoms with Crippen LogP contribution < -0.4 is 11.1 Å². The van der Waals surface area contributed by atoms with E-state index >= 15 is 0 Å². The van der Waals surface area contributed by atoms with Crippen LogP contribution in [0.2, 0.25) is 5.02 Å². The van der Waals surface area contributed by atoms with Gasteiger partial charge in [-0.2, -0.15) is 0 Å². The third kappa shape index (κ3) is 2.73. The van der Waals surface area contributed by atoms with Crippen LogP contribution in [0.25, 0.3) is 0 Å². The first-order valence-corrected chi connectivity index (χ1v) is 5.59. The minimum absolute atomic E-state index is 0.181. The number of nitrogens with one attached hydrogen (secondary N) is 1. The highest BCUT2D eigenvalue weighted by Gasteiger charge is 2.06. The number of anilines is 3. The van der Waals surface area contributed by atoms with Crippen molar-refractivity contribution in [3.05, 3.63) is 53.1 Å². The molecule has 0 bridgehead atoms. The molecule has 0 unspecified atom stereocenters. The van der Waals surface area contributed by atoms with E-state index in [1.807, 2.05) is 0 Å². The standard InChI is InChI=1S/C13H11ClN2O2/c14-9-2-4-10(5-3-9)16-12-7-8(13(17)18)1-6-11(12)15/h1-7,16H,15H2,(H,17,18). The lowest BCUT2D eigenvalue weighted by molar-refractivity contribution is 0.0697. The number of nitrogen functional groups attached to an aromatic ring is 1. The molecule has 0 aliphatic carbocycles. The molecule has 0 spiro atoms. The van der Waals surface area contributed by atoms with Gasteiger partial charge < -0.3 is 16.2 Å². The molecular formula is C13H11ClN2O2. The van der Waals surface area contributed by atoms with Gasteiger partial charge in [0, 0.05) is 10.7 Å². The average Bonchev–Trinajstić information content (AvgIpc) is 2.34. The summed E-state index contributed by atoms with van der Waals surface area (Å²) in [7, 11) is 0. The van der Waals surface area contributed by atoms with Crippen LogP contribution in [0.1, 0.15) is 10.4 Å². The third-order valence-corrected chi connectivity index (χ3v) is 2.68. The molecule has 4 nitrogen and oxygen atoms in total. The van der Waals surface area contributed by atoms with Crippen LogP contribution in [0.3, 0.4) is 0 Å². The quantitative estimate of drug-likeness (QED) is 0.742. The molecule has 0 aromatic heterocycles. The van der Waals surface area contributed by atoms with E-state index in [2.05, 4.69) is 5.32 Å². The smallest absolute Gasteiger partial charge is 0.335 e. The molecule has 4 N–H and O–H groups in total. The monoisotopic (exact) mass is 262 g/mol. The summed E-state index contributed by atoms with van der Waals surface area (Å²) in [6, 6.07) is 11.6. The molecule has 0 atom stereocenters. The van der Waals surface area contributed by atoms with Crippen molar-refractivity contribution in [1.82, 2.24) is 0 Å². The maximum Gasteiger partial charge on any atom is 0.335 e. The summed E-state index contributed by atoms with van der Waals surface area (Å²) in [5, 5.41) is 12.6. The van der Waals surface area contributed by atoms with Gasteiger partial charge in [-0.1, -0.05) is 11.6 Å². The Kier molecular flexibility index (Phi) is 3.39. The topological polar surface area (TPSA) is 75.4 Å². The van der Waals surface area contributed by atoms with Crippen LogP contribution in [0.15, 0.2) is 42.5 Å². The van der Waals surface area contributed by atoms with Gasteiger partial charge in [-0.05, 0) is 42.5 Å². The number of aromatic carboxylic acids is 1. The highest BCUT2D eigenvalue weighted by molar-refractivity contribution is 6.30. The lowest BCUT2D eigenvalue weighted by atomic mass is 10.1. The molecule has 18 heavy (non-hydrogen) atoms. The predicted octanol–water partition coefficient (Wildman–Crippen LogP) is 3.36. The number of halogens is 1. The number of carboxylic acids is 1. The van der Waals surface area contributed by atoms with E-state index in [4.69, 9.17) is 22.4 Å². The average molecular weight is 263 g/mol. The van der Waals surface area contributed by atoms with Crippen molar-refractivity contribution in [3.8, 4) is 0 Å². The molecule has 0 aliphatic rings. The maximum atomic E-state index is 10.9. The molecule has 0 fully saturated rings. The summed E-state index contributed by atoms with van der Waals surface area (Å²) in [6.07, 6.45) is 0. The Hall–Kier alpha value is -2.20. The Morgan fingerprint density at radius 2 is 1.83 bits per heavy atom. The second-order valence-electron chi connectivity index (χ2n) is 3.74. The van der Waals surface area contributed by atoms with E-state index in [1.54, 1.807) is 30.3 Å². The molecular weight excluding hydrogens is 252 g/mol. The van der Waals surface area contributed by atoms with Crippen molar-refractivity contribution in [1.29, 1.82) is 0 Å². The van der Waals surface area contributed by atoms with Crippen molar-refractivity contribution in [3.63, 3.8) is 0 Å². The van der Waals surface area contributed by atoms with Crippen LogP contribution in [-0.4, -0.2) is 11.1 Å². The Balaban J connectivity index is 2.30. The van der Waals surface area contributed by atoms with Crippen molar-refractivity contribution >= 4 is 34.6 Å². The van der Waals surface area contributed by atoms with Gasteiger partial charge in [-0.15, -0.1) is 0 Å². The van der Waals surface area contributed by atoms with Gasteiger partial charge in [-0.25, -0.2) is 4.79 Å². The van der Waals surface area contributed by atoms with Gasteiger partial charge in [0.2, 0.25) is 0 Å². The number of hydrogen-bond donors (Lipinski definition) is 3. The first kappa shape index (κ1) is 12.3. The van der Waals surface area contributed by atoms with E-state index in [-0.39, 0.29) is 5.56 Å². The van der Waals surface area contributed by atoms with Gasteiger partial charge >= 0.3 is 5.97 Å². The largest absolute Gasteiger partial charge is 0.478 e. The molecule has 0 heterocycles. The van der Waals surface area contributed by atoms with E-state index in [9.17, 15) is 4.79 Å². The molecule has 2 rings (SSSR count).